The maximum absolute atomic E-state index is 11.8. The lowest BCUT2D eigenvalue weighted by molar-refractivity contribution is -0.152. The molecule has 1 unspecified atom stereocenters. The molecule has 1 amide bonds. The van der Waals surface area contributed by atoms with Crippen LogP contribution in [-0.2, 0) is 19.0 Å². The van der Waals surface area contributed by atoms with Crippen molar-refractivity contribution in [3.63, 3.8) is 0 Å². The first-order valence-electron chi connectivity index (χ1n) is 9.59. The Morgan fingerprint density at radius 1 is 1.12 bits per heavy atom. The maximum atomic E-state index is 11.8. The second-order valence-corrected chi connectivity index (χ2v) is 7.55. The highest BCUT2D eigenvalue weighted by Gasteiger charge is 2.49. The highest BCUT2D eigenvalue weighted by molar-refractivity contribution is 5.71. The van der Waals surface area contributed by atoms with Crippen LogP contribution in [0.15, 0.2) is 0 Å². The van der Waals surface area contributed by atoms with Crippen LogP contribution in [0.1, 0.15) is 52.9 Å². The molecule has 6 heteroatoms. The number of carbonyl (C=O) groups is 2. The highest BCUT2D eigenvalue weighted by atomic mass is 16.6. The molecule has 0 bridgehead atoms. The van der Waals surface area contributed by atoms with E-state index in [9.17, 15) is 9.59 Å². The van der Waals surface area contributed by atoms with Crippen molar-refractivity contribution < 1.29 is 23.8 Å². The molecule has 6 nitrogen and oxygen atoms in total. The van der Waals surface area contributed by atoms with Crippen LogP contribution in [0.2, 0.25) is 0 Å². The van der Waals surface area contributed by atoms with Crippen LogP contribution < -0.4 is 5.32 Å². The quantitative estimate of drug-likeness (QED) is 0.502. The SMILES string of the molecule is CCOC(C)(C)COC(=O)CCNC(=O)OCC1[C@H]2CCC#CCC[C@@H]12. The van der Waals surface area contributed by atoms with Crippen molar-refractivity contribution in [3.8, 4) is 11.8 Å². The molecule has 0 heterocycles. The first kappa shape index (κ1) is 20.6. The molecule has 0 aromatic carbocycles. The number of carbonyl (C=O) groups excluding carboxylic acids is 2. The smallest absolute Gasteiger partial charge is 0.407 e. The molecule has 0 aliphatic heterocycles. The number of hydrogen-bond donors (Lipinski definition) is 1. The van der Waals surface area contributed by atoms with Gasteiger partial charge in [0.05, 0.1) is 18.6 Å². The van der Waals surface area contributed by atoms with Crippen molar-refractivity contribution in [2.24, 2.45) is 17.8 Å². The third-order valence-corrected chi connectivity index (χ3v) is 4.96. The molecular formula is C20H31NO5. The Kier molecular flexibility index (Phi) is 7.77. The third kappa shape index (κ3) is 6.87. The normalized spacial score (nSPS) is 24.2. The molecule has 2 aliphatic carbocycles. The molecule has 1 fully saturated rings. The Bertz CT molecular complexity index is 530. The van der Waals surface area contributed by atoms with Gasteiger partial charge in [-0.2, -0.15) is 0 Å². The number of ether oxygens (including phenoxy) is 3. The van der Waals surface area contributed by atoms with E-state index >= 15 is 0 Å². The molecule has 2 rings (SSSR count). The second-order valence-electron chi connectivity index (χ2n) is 7.55. The van der Waals surface area contributed by atoms with E-state index in [1.165, 1.54) is 0 Å². The van der Waals surface area contributed by atoms with Gasteiger partial charge in [0.25, 0.3) is 0 Å². The Morgan fingerprint density at radius 3 is 2.38 bits per heavy atom. The fourth-order valence-corrected chi connectivity index (χ4v) is 3.53. The van der Waals surface area contributed by atoms with Crippen molar-refractivity contribution >= 4 is 12.1 Å². The first-order chi connectivity index (χ1) is 12.4. The zero-order chi connectivity index (χ0) is 19.0. The average Bonchev–Trinajstić information content (AvgIpc) is 3.20. The number of amides is 1. The largest absolute Gasteiger partial charge is 0.463 e. The Labute approximate surface area is 156 Å². The highest BCUT2D eigenvalue weighted by Crippen LogP contribution is 2.52. The Hall–Kier alpha value is -1.74. The molecule has 2 aliphatic rings. The van der Waals surface area contributed by atoms with E-state index < -0.39 is 11.7 Å². The summed E-state index contributed by atoms with van der Waals surface area (Å²) in [5.41, 5.74) is -0.499. The van der Waals surface area contributed by atoms with E-state index in [0.29, 0.717) is 31.0 Å². The van der Waals surface area contributed by atoms with Gasteiger partial charge in [-0.1, -0.05) is 0 Å². The number of alkyl carbamates (subject to hydrolysis) is 1. The van der Waals surface area contributed by atoms with Crippen molar-refractivity contribution in [3.05, 3.63) is 0 Å². The van der Waals surface area contributed by atoms with E-state index in [-0.39, 0.29) is 25.5 Å². The van der Waals surface area contributed by atoms with E-state index in [1.54, 1.807) is 0 Å². The lowest BCUT2D eigenvalue weighted by Crippen LogP contribution is -2.33. The molecule has 26 heavy (non-hydrogen) atoms. The van der Waals surface area contributed by atoms with Gasteiger partial charge in [-0.25, -0.2) is 4.79 Å². The van der Waals surface area contributed by atoms with Crippen LogP contribution in [0.5, 0.6) is 0 Å². The summed E-state index contributed by atoms with van der Waals surface area (Å²) in [6.45, 7) is 7.04. The molecule has 1 saturated carbocycles. The topological polar surface area (TPSA) is 73.9 Å². The van der Waals surface area contributed by atoms with Gasteiger partial charge in [-0.3, -0.25) is 4.79 Å². The van der Waals surface area contributed by atoms with Gasteiger partial charge in [-0.05, 0) is 51.4 Å². The Balaban J connectivity index is 1.53. The van der Waals surface area contributed by atoms with Crippen molar-refractivity contribution in [1.29, 1.82) is 0 Å². The molecule has 0 radical (unpaired) electrons. The van der Waals surface area contributed by atoms with Gasteiger partial charge in [0.15, 0.2) is 0 Å². The lowest BCUT2D eigenvalue weighted by Gasteiger charge is -2.23. The minimum Gasteiger partial charge on any atom is -0.463 e. The van der Waals surface area contributed by atoms with E-state index in [4.69, 9.17) is 14.2 Å². The zero-order valence-electron chi connectivity index (χ0n) is 16.1. The molecule has 0 saturated heterocycles. The molecule has 0 aromatic rings. The third-order valence-electron chi connectivity index (χ3n) is 4.96. The summed E-state index contributed by atoms with van der Waals surface area (Å²) in [7, 11) is 0. The van der Waals surface area contributed by atoms with Gasteiger partial charge < -0.3 is 19.5 Å². The maximum Gasteiger partial charge on any atom is 0.407 e. The number of esters is 1. The zero-order valence-corrected chi connectivity index (χ0v) is 16.1. The average molecular weight is 365 g/mol. The molecule has 3 atom stereocenters. The van der Waals surface area contributed by atoms with Crippen molar-refractivity contribution in [2.45, 2.75) is 58.5 Å². The number of fused-ring (bicyclic) bond motifs is 1. The predicted octanol–water partition coefficient (Wildman–Crippen LogP) is 2.90. The number of nitrogens with one attached hydrogen (secondary N) is 1. The number of rotatable bonds is 9. The lowest BCUT2D eigenvalue weighted by atomic mass is 10.1. The molecular weight excluding hydrogens is 334 g/mol. The molecule has 0 aromatic heterocycles. The predicted molar refractivity (Wildman–Crippen MR) is 97.3 cm³/mol. The monoisotopic (exact) mass is 365 g/mol. The van der Waals surface area contributed by atoms with Crippen LogP contribution in [0.25, 0.3) is 0 Å². The minimum atomic E-state index is -0.499. The summed E-state index contributed by atoms with van der Waals surface area (Å²) in [5, 5.41) is 2.61. The van der Waals surface area contributed by atoms with Gasteiger partial charge in [0.1, 0.15) is 6.61 Å². The summed E-state index contributed by atoms with van der Waals surface area (Å²) in [4.78, 5) is 23.5. The van der Waals surface area contributed by atoms with Crippen LogP contribution in [0.4, 0.5) is 4.79 Å². The fraction of sp³-hybridized carbons (Fsp3) is 0.800. The summed E-state index contributed by atoms with van der Waals surface area (Å²) in [5.74, 6) is 7.76. The van der Waals surface area contributed by atoms with Crippen LogP contribution in [0, 0.1) is 29.6 Å². The van der Waals surface area contributed by atoms with E-state index in [0.717, 1.165) is 25.7 Å². The van der Waals surface area contributed by atoms with Crippen LogP contribution >= 0.6 is 0 Å². The minimum absolute atomic E-state index is 0.114. The van der Waals surface area contributed by atoms with E-state index in [2.05, 4.69) is 17.2 Å². The Morgan fingerprint density at radius 2 is 1.77 bits per heavy atom. The van der Waals surface area contributed by atoms with Crippen LogP contribution in [0.3, 0.4) is 0 Å². The van der Waals surface area contributed by atoms with Gasteiger partial charge >= 0.3 is 12.1 Å². The molecule has 1 N–H and O–H groups in total. The second kappa shape index (κ2) is 9.82. The summed E-state index contributed by atoms with van der Waals surface area (Å²) < 4.78 is 15.9. The molecule has 146 valence electrons. The summed E-state index contributed by atoms with van der Waals surface area (Å²) >= 11 is 0. The summed E-state index contributed by atoms with van der Waals surface area (Å²) in [6, 6.07) is 0. The number of hydrogen-bond acceptors (Lipinski definition) is 5. The fourth-order valence-electron chi connectivity index (χ4n) is 3.53. The van der Waals surface area contributed by atoms with Gasteiger partial charge in [-0.15, -0.1) is 11.8 Å². The van der Waals surface area contributed by atoms with Crippen LogP contribution in [-0.4, -0.2) is 44.0 Å². The van der Waals surface area contributed by atoms with Crippen molar-refractivity contribution in [2.75, 3.05) is 26.4 Å². The van der Waals surface area contributed by atoms with Crippen molar-refractivity contribution in [1.82, 2.24) is 5.32 Å². The molecule has 0 spiro atoms. The van der Waals surface area contributed by atoms with Gasteiger partial charge in [0.2, 0.25) is 0 Å². The first-order valence-corrected chi connectivity index (χ1v) is 9.59. The van der Waals surface area contributed by atoms with E-state index in [1.807, 2.05) is 20.8 Å². The standard InChI is InChI=1S/C20H31NO5/c1-4-26-20(2,3)14-25-18(22)11-12-21-19(23)24-13-17-15-9-7-5-6-8-10-16(15)17/h15-17H,4,7-14H2,1-3H3,(H,21,23)/t15-,16+,17?. The van der Waals surface area contributed by atoms with Gasteiger partial charge in [0, 0.05) is 26.0 Å². The summed E-state index contributed by atoms with van der Waals surface area (Å²) in [6.07, 6.45) is 3.76.